The second kappa shape index (κ2) is 15.5. The van der Waals surface area contributed by atoms with Gasteiger partial charge in [0.1, 0.15) is 5.82 Å². The molecule has 4 rings (SSSR count). The van der Waals surface area contributed by atoms with Crippen LogP contribution in [0.1, 0.15) is 61.6 Å². The number of hydrogen-bond donors (Lipinski definition) is 3. The van der Waals surface area contributed by atoms with Crippen LogP contribution in [0.3, 0.4) is 0 Å². The lowest BCUT2D eigenvalue weighted by Crippen LogP contribution is -2.49. The van der Waals surface area contributed by atoms with Gasteiger partial charge in [-0.3, -0.25) is 4.79 Å². The van der Waals surface area contributed by atoms with E-state index in [0.717, 1.165) is 17.5 Å². The number of nitrogens with two attached hydrogens (primary N) is 1. The molecule has 236 valence electrons. The van der Waals surface area contributed by atoms with Crippen LogP contribution in [0.2, 0.25) is 5.02 Å². The molecule has 4 N–H and O–H groups in total. The van der Waals surface area contributed by atoms with Crippen LogP contribution in [0.4, 0.5) is 9.18 Å². The zero-order valence-corrected chi connectivity index (χ0v) is 26.3. The van der Waals surface area contributed by atoms with E-state index in [1.807, 2.05) is 43.3 Å². The minimum Gasteiger partial charge on any atom is -0.453 e. The maximum absolute atomic E-state index is 15.7. The Morgan fingerprint density at radius 2 is 1.93 bits per heavy atom. The van der Waals surface area contributed by atoms with Gasteiger partial charge in [-0.05, 0) is 79.1 Å². The van der Waals surface area contributed by atoms with E-state index in [4.69, 9.17) is 22.1 Å². The molecule has 1 heterocycles. The molecule has 3 atom stereocenters. The lowest BCUT2D eigenvalue weighted by Gasteiger charge is -2.44. The molecule has 1 aliphatic rings. The van der Waals surface area contributed by atoms with E-state index in [-0.39, 0.29) is 37.1 Å². The molecular formula is C35H43ClFN3O4. The van der Waals surface area contributed by atoms with Gasteiger partial charge in [-0.15, -0.1) is 0 Å². The molecule has 1 unspecified atom stereocenters. The predicted octanol–water partition coefficient (Wildman–Crippen LogP) is 6.40. The fourth-order valence-corrected chi connectivity index (χ4v) is 6.44. The standard InChI is InChI=1S/C35H43ClFN3O4/c1-3-24-8-4-9-26(20-24)33-30(11-5-12-31(33)37)35(43,17-7-18-39-34(42)44-2)28-10-6-19-40(23-28)32(41)21-27(22-38)25-13-15-29(36)16-14-25/h4-5,8-9,11-16,20,27-28,43H,3,6-7,10,17-19,21-23,38H2,1-2H3,(H,39,42)/t27?,28-,35+/m1/s1. The van der Waals surface area contributed by atoms with Gasteiger partial charge in [0, 0.05) is 48.5 Å². The van der Waals surface area contributed by atoms with Gasteiger partial charge in [-0.25, -0.2) is 9.18 Å². The molecular weight excluding hydrogens is 581 g/mol. The number of carbonyl (C=O) groups excluding carboxylic acids is 2. The summed E-state index contributed by atoms with van der Waals surface area (Å²) < 4.78 is 20.4. The second-order valence-corrected chi connectivity index (χ2v) is 12.0. The van der Waals surface area contributed by atoms with Crippen LogP contribution in [-0.2, 0) is 21.6 Å². The van der Waals surface area contributed by atoms with Gasteiger partial charge in [-0.1, -0.05) is 67.1 Å². The van der Waals surface area contributed by atoms with Crippen molar-refractivity contribution in [1.82, 2.24) is 10.2 Å². The Kier molecular flexibility index (Phi) is 11.8. The number of amides is 2. The van der Waals surface area contributed by atoms with Crippen molar-refractivity contribution in [2.24, 2.45) is 11.7 Å². The first kappa shape index (κ1) is 33.4. The maximum atomic E-state index is 15.7. The molecule has 0 aromatic heterocycles. The summed E-state index contributed by atoms with van der Waals surface area (Å²) in [5, 5.41) is 16.0. The average Bonchev–Trinajstić information content (AvgIpc) is 3.05. The number of likely N-dealkylation sites (tertiary alicyclic amines) is 1. The Morgan fingerprint density at radius 1 is 1.18 bits per heavy atom. The van der Waals surface area contributed by atoms with Crippen LogP contribution in [0.5, 0.6) is 0 Å². The molecule has 3 aromatic rings. The van der Waals surface area contributed by atoms with Crippen LogP contribution < -0.4 is 11.1 Å². The zero-order valence-electron chi connectivity index (χ0n) is 25.5. The summed E-state index contributed by atoms with van der Waals surface area (Å²) in [6.45, 7) is 3.52. The first-order valence-electron chi connectivity index (χ1n) is 15.4. The SMILES string of the molecule is CCc1cccc(-c2c(F)cccc2[C@](O)(CCCNC(=O)OC)[C@@H]2CCCN(C(=O)CC(CN)c3ccc(Cl)cc3)C2)c1. The Hall–Kier alpha value is -3.46. The highest BCUT2D eigenvalue weighted by molar-refractivity contribution is 6.30. The molecule has 0 bridgehead atoms. The van der Waals surface area contributed by atoms with E-state index in [2.05, 4.69) is 5.32 Å². The van der Waals surface area contributed by atoms with Crippen LogP contribution in [0.25, 0.3) is 11.1 Å². The lowest BCUT2D eigenvalue weighted by atomic mass is 9.72. The van der Waals surface area contributed by atoms with Gasteiger partial charge in [-0.2, -0.15) is 0 Å². The largest absolute Gasteiger partial charge is 0.453 e. The third-order valence-corrected chi connectivity index (χ3v) is 9.04. The minimum atomic E-state index is -1.47. The molecule has 0 radical (unpaired) electrons. The van der Waals surface area contributed by atoms with Crippen LogP contribution in [0, 0.1) is 11.7 Å². The summed E-state index contributed by atoms with van der Waals surface area (Å²) in [5.74, 6) is -0.978. The van der Waals surface area contributed by atoms with Gasteiger partial charge in [0.15, 0.2) is 0 Å². The van der Waals surface area contributed by atoms with Crippen LogP contribution in [0.15, 0.2) is 66.7 Å². The number of ether oxygens (including phenoxy) is 1. The zero-order chi connectivity index (χ0) is 31.7. The molecule has 0 spiro atoms. The van der Waals surface area contributed by atoms with Crippen molar-refractivity contribution in [2.45, 2.75) is 57.0 Å². The molecule has 9 heteroatoms. The predicted molar refractivity (Wildman–Crippen MR) is 172 cm³/mol. The lowest BCUT2D eigenvalue weighted by molar-refractivity contribution is -0.137. The van der Waals surface area contributed by atoms with Gasteiger partial charge in [0.05, 0.1) is 12.7 Å². The maximum Gasteiger partial charge on any atom is 0.406 e. The highest BCUT2D eigenvalue weighted by Crippen LogP contribution is 2.44. The summed E-state index contributed by atoms with van der Waals surface area (Å²) in [7, 11) is 1.30. The number of methoxy groups -OCH3 is 1. The van der Waals surface area contributed by atoms with Crippen LogP contribution >= 0.6 is 11.6 Å². The van der Waals surface area contributed by atoms with Crippen molar-refractivity contribution >= 4 is 23.6 Å². The summed E-state index contributed by atoms with van der Waals surface area (Å²) in [4.78, 5) is 27.1. The number of aryl methyl sites for hydroxylation is 1. The first-order chi connectivity index (χ1) is 21.2. The number of carbonyl (C=O) groups is 2. The number of nitrogens with one attached hydrogen (secondary N) is 1. The number of alkyl carbamates (subject to hydrolysis) is 1. The fourth-order valence-electron chi connectivity index (χ4n) is 6.31. The summed E-state index contributed by atoms with van der Waals surface area (Å²) in [6.07, 6.45) is 2.51. The molecule has 44 heavy (non-hydrogen) atoms. The molecule has 3 aromatic carbocycles. The topological polar surface area (TPSA) is 105 Å². The van der Waals surface area contributed by atoms with E-state index in [0.29, 0.717) is 60.6 Å². The fraction of sp³-hybridized carbons (Fsp3) is 0.429. The molecule has 0 aliphatic carbocycles. The van der Waals surface area contributed by atoms with Crippen molar-refractivity contribution in [3.05, 3.63) is 94.3 Å². The number of benzene rings is 3. The van der Waals surface area contributed by atoms with Crippen molar-refractivity contribution in [3.63, 3.8) is 0 Å². The molecule has 7 nitrogen and oxygen atoms in total. The Bertz CT molecular complexity index is 1420. The summed E-state index contributed by atoms with van der Waals surface area (Å²) in [6, 6.07) is 19.9. The summed E-state index contributed by atoms with van der Waals surface area (Å²) in [5.41, 5.74) is 8.17. The van der Waals surface area contributed by atoms with Crippen molar-refractivity contribution in [2.75, 3.05) is 33.3 Å². The minimum absolute atomic E-state index is 0.0371. The van der Waals surface area contributed by atoms with Gasteiger partial charge in [0.25, 0.3) is 0 Å². The van der Waals surface area contributed by atoms with Gasteiger partial charge >= 0.3 is 6.09 Å². The molecule has 1 fully saturated rings. The molecule has 2 amide bonds. The number of hydrogen-bond acceptors (Lipinski definition) is 5. The molecule has 0 saturated carbocycles. The highest BCUT2D eigenvalue weighted by Gasteiger charge is 2.43. The molecule has 1 aliphatic heterocycles. The van der Waals surface area contributed by atoms with Crippen molar-refractivity contribution in [1.29, 1.82) is 0 Å². The average molecular weight is 624 g/mol. The Balaban J connectivity index is 1.65. The van der Waals surface area contributed by atoms with E-state index in [9.17, 15) is 14.7 Å². The number of piperidine rings is 1. The van der Waals surface area contributed by atoms with Gasteiger partial charge < -0.3 is 25.8 Å². The van der Waals surface area contributed by atoms with E-state index >= 15 is 4.39 Å². The monoisotopic (exact) mass is 623 g/mol. The first-order valence-corrected chi connectivity index (χ1v) is 15.7. The van der Waals surface area contributed by atoms with Gasteiger partial charge in [0.2, 0.25) is 5.91 Å². The van der Waals surface area contributed by atoms with E-state index in [1.54, 1.807) is 29.2 Å². The van der Waals surface area contributed by atoms with Crippen LogP contribution in [-0.4, -0.2) is 55.3 Å². The third kappa shape index (κ3) is 7.97. The van der Waals surface area contributed by atoms with Crippen molar-refractivity contribution < 1.29 is 23.8 Å². The molecule has 1 saturated heterocycles. The normalized spacial score (nSPS) is 17.0. The Labute approximate surface area is 264 Å². The smallest absolute Gasteiger partial charge is 0.406 e. The van der Waals surface area contributed by atoms with E-state index < -0.39 is 17.5 Å². The number of rotatable bonds is 12. The quantitative estimate of drug-likeness (QED) is 0.202. The Morgan fingerprint density at radius 3 is 2.64 bits per heavy atom. The van der Waals surface area contributed by atoms with Crippen molar-refractivity contribution in [3.8, 4) is 11.1 Å². The third-order valence-electron chi connectivity index (χ3n) is 8.79. The number of halogens is 2. The summed E-state index contributed by atoms with van der Waals surface area (Å²) >= 11 is 6.06. The highest BCUT2D eigenvalue weighted by atomic mass is 35.5. The number of nitrogens with zero attached hydrogens (tertiary/aromatic N) is 1. The second-order valence-electron chi connectivity index (χ2n) is 11.5. The van der Waals surface area contributed by atoms with E-state index in [1.165, 1.54) is 13.2 Å². The number of aliphatic hydroxyl groups is 1.